The zero-order valence-electron chi connectivity index (χ0n) is 7.11. The van der Waals surface area contributed by atoms with Gasteiger partial charge in [-0.15, -0.1) is 11.8 Å². The Labute approximate surface area is 84.2 Å². The summed E-state index contributed by atoms with van der Waals surface area (Å²) in [7, 11) is 0. The van der Waals surface area contributed by atoms with Gasteiger partial charge < -0.3 is 10.5 Å². The first-order chi connectivity index (χ1) is 6.66. The van der Waals surface area contributed by atoms with Gasteiger partial charge in [0.25, 0.3) is 0 Å². The Balaban J connectivity index is 2.36. The maximum Gasteiger partial charge on any atom is 0.234 e. The van der Waals surface area contributed by atoms with Gasteiger partial charge >= 0.3 is 0 Å². The smallest absolute Gasteiger partial charge is 0.234 e. The summed E-state index contributed by atoms with van der Waals surface area (Å²) in [5, 5.41) is 21.1. The number of carbonyl (C=O) groups excluding carboxylic acids is 1. The summed E-state index contributed by atoms with van der Waals surface area (Å²) in [6, 6.07) is 4.66. The molecule has 1 aromatic rings. The molecule has 14 heavy (non-hydrogen) atoms. The molecule has 1 aliphatic heterocycles. The van der Waals surface area contributed by atoms with Crippen molar-refractivity contribution in [3.8, 4) is 0 Å². The average Bonchev–Trinajstić information content (AvgIpc) is 2.16. The van der Waals surface area contributed by atoms with E-state index in [1.54, 1.807) is 12.1 Å². The van der Waals surface area contributed by atoms with Crippen LogP contribution in [0.1, 0.15) is 0 Å². The molecule has 0 bridgehead atoms. The van der Waals surface area contributed by atoms with Crippen LogP contribution in [0.15, 0.2) is 23.1 Å². The van der Waals surface area contributed by atoms with Gasteiger partial charge in [0.2, 0.25) is 5.91 Å². The fourth-order valence-corrected chi connectivity index (χ4v) is 2.05. The summed E-state index contributed by atoms with van der Waals surface area (Å²) in [5.41, 5.74) is 0.934. The summed E-state index contributed by atoms with van der Waals surface area (Å²) in [4.78, 5) is 11.8. The molecule has 1 amide bonds. The fourth-order valence-electron chi connectivity index (χ4n) is 1.21. The SMILES string of the molecule is O=C1CSc2cc([NH+]([O-])O)ccc2N1. The number of nitrogens with one attached hydrogen (secondary N) is 2. The number of amides is 1. The first-order valence-electron chi connectivity index (χ1n) is 3.97. The Morgan fingerprint density at radius 3 is 3.07 bits per heavy atom. The number of thioether (sulfide) groups is 1. The van der Waals surface area contributed by atoms with Gasteiger partial charge in [-0.1, -0.05) is 0 Å². The molecule has 1 aromatic carbocycles. The Morgan fingerprint density at radius 2 is 2.36 bits per heavy atom. The Bertz CT molecular complexity index is 381. The summed E-state index contributed by atoms with van der Waals surface area (Å²) in [6.45, 7) is 0. The third-order valence-electron chi connectivity index (χ3n) is 1.86. The number of benzene rings is 1. The molecular formula is C8H8N2O3S. The number of carbonyl (C=O) groups is 1. The maximum absolute atomic E-state index is 11.0. The number of anilines is 1. The second-order valence-electron chi connectivity index (χ2n) is 2.85. The molecule has 1 atom stereocenters. The third kappa shape index (κ3) is 1.73. The Kier molecular flexibility index (Phi) is 2.42. The van der Waals surface area contributed by atoms with Crippen molar-refractivity contribution in [1.29, 1.82) is 0 Å². The molecule has 0 spiro atoms. The molecule has 2 rings (SSSR count). The molecule has 0 fully saturated rings. The zero-order chi connectivity index (χ0) is 10.1. The molecular weight excluding hydrogens is 204 g/mol. The van der Waals surface area contributed by atoms with E-state index in [-0.39, 0.29) is 11.6 Å². The van der Waals surface area contributed by atoms with E-state index in [9.17, 15) is 10.0 Å². The largest absolute Gasteiger partial charge is 0.595 e. The number of rotatable bonds is 1. The van der Waals surface area contributed by atoms with E-state index in [4.69, 9.17) is 5.21 Å². The summed E-state index contributed by atoms with van der Waals surface area (Å²) >= 11 is 1.35. The molecule has 5 nitrogen and oxygen atoms in total. The van der Waals surface area contributed by atoms with Gasteiger partial charge in [-0.25, -0.2) is 5.21 Å². The highest BCUT2D eigenvalue weighted by molar-refractivity contribution is 8.00. The van der Waals surface area contributed by atoms with Gasteiger partial charge in [-0.05, 0) is 6.07 Å². The van der Waals surface area contributed by atoms with Gasteiger partial charge in [0.15, 0.2) is 5.69 Å². The predicted octanol–water partition coefficient (Wildman–Crippen LogP) is 0.134. The number of fused-ring (bicyclic) bond motifs is 1. The maximum atomic E-state index is 11.0. The minimum atomic E-state index is -0.953. The molecule has 3 N–H and O–H groups in total. The minimum absolute atomic E-state index is 0.0504. The molecule has 1 aliphatic rings. The minimum Gasteiger partial charge on any atom is -0.595 e. The van der Waals surface area contributed by atoms with Crippen molar-refractivity contribution >= 4 is 29.0 Å². The highest BCUT2D eigenvalue weighted by Crippen LogP contribution is 2.32. The highest BCUT2D eigenvalue weighted by atomic mass is 32.2. The van der Waals surface area contributed by atoms with Crippen molar-refractivity contribution in [3.63, 3.8) is 0 Å². The van der Waals surface area contributed by atoms with Crippen LogP contribution in [-0.4, -0.2) is 16.9 Å². The van der Waals surface area contributed by atoms with E-state index in [0.717, 1.165) is 4.90 Å². The van der Waals surface area contributed by atoms with Crippen LogP contribution in [0.5, 0.6) is 0 Å². The topological polar surface area (TPSA) is 76.8 Å². The van der Waals surface area contributed by atoms with Crippen LogP contribution >= 0.6 is 11.8 Å². The third-order valence-corrected chi connectivity index (χ3v) is 2.92. The van der Waals surface area contributed by atoms with E-state index in [0.29, 0.717) is 11.4 Å². The normalized spacial score (nSPS) is 17.1. The molecule has 0 saturated heterocycles. The van der Waals surface area contributed by atoms with Gasteiger partial charge in [-0.2, -0.15) is 5.23 Å². The molecule has 0 radical (unpaired) electrons. The van der Waals surface area contributed by atoms with Crippen LogP contribution in [0, 0.1) is 5.21 Å². The standard InChI is InChI=1S/C8H8N2O3S/c11-8-4-14-7-3-5(10(12)13)1-2-6(7)9-8/h1-3,10,12H,4H2,(H,9,11). The summed E-state index contributed by atoms with van der Waals surface area (Å²) < 4.78 is 0. The van der Waals surface area contributed by atoms with Crippen LogP contribution in [-0.2, 0) is 4.79 Å². The van der Waals surface area contributed by atoms with Crippen molar-refractivity contribution < 1.29 is 15.2 Å². The first-order valence-corrected chi connectivity index (χ1v) is 4.95. The van der Waals surface area contributed by atoms with Crippen LogP contribution in [0.4, 0.5) is 11.4 Å². The molecule has 0 saturated carbocycles. The van der Waals surface area contributed by atoms with E-state index in [2.05, 4.69) is 5.32 Å². The molecule has 6 heteroatoms. The summed E-state index contributed by atoms with van der Waals surface area (Å²) in [6.07, 6.45) is 0. The van der Waals surface area contributed by atoms with Gasteiger partial charge in [0.05, 0.1) is 11.4 Å². The van der Waals surface area contributed by atoms with Crippen molar-refractivity contribution in [2.45, 2.75) is 4.90 Å². The Hall–Kier alpha value is -1.08. The van der Waals surface area contributed by atoms with Gasteiger partial charge in [0.1, 0.15) is 0 Å². The van der Waals surface area contributed by atoms with Crippen molar-refractivity contribution in [1.82, 2.24) is 0 Å². The predicted molar refractivity (Wildman–Crippen MR) is 51.6 cm³/mol. The van der Waals surface area contributed by atoms with E-state index >= 15 is 0 Å². The average molecular weight is 212 g/mol. The second kappa shape index (κ2) is 3.58. The lowest BCUT2D eigenvalue weighted by Gasteiger charge is -2.18. The summed E-state index contributed by atoms with van der Waals surface area (Å²) in [5.74, 6) is 0.293. The highest BCUT2D eigenvalue weighted by Gasteiger charge is 2.16. The molecule has 1 heterocycles. The molecule has 0 aliphatic carbocycles. The molecule has 0 aromatic heterocycles. The first kappa shape index (κ1) is 9.47. The number of quaternary nitrogens is 1. The van der Waals surface area contributed by atoms with Crippen LogP contribution < -0.4 is 10.5 Å². The zero-order valence-corrected chi connectivity index (χ0v) is 7.93. The lowest BCUT2D eigenvalue weighted by molar-refractivity contribution is -0.991. The molecule has 74 valence electrons. The lowest BCUT2D eigenvalue weighted by atomic mass is 10.3. The van der Waals surface area contributed by atoms with Crippen LogP contribution in [0.3, 0.4) is 0 Å². The van der Waals surface area contributed by atoms with Crippen molar-refractivity contribution in [3.05, 3.63) is 23.4 Å². The van der Waals surface area contributed by atoms with E-state index in [1.807, 2.05) is 0 Å². The number of hydrogen-bond donors (Lipinski definition) is 3. The van der Waals surface area contributed by atoms with Crippen LogP contribution in [0.2, 0.25) is 0 Å². The number of hydrogen-bond acceptors (Lipinski definition) is 4. The van der Waals surface area contributed by atoms with Crippen molar-refractivity contribution in [2.24, 2.45) is 0 Å². The molecule has 1 unspecified atom stereocenters. The monoisotopic (exact) mass is 212 g/mol. The fraction of sp³-hybridized carbons (Fsp3) is 0.125. The van der Waals surface area contributed by atoms with Gasteiger partial charge in [-0.3, -0.25) is 4.79 Å². The van der Waals surface area contributed by atoms with E-state index in [1.165, 1.54) is 17.8 Å². The lowest BCUT2D eigenvalue weighted by Crippen LogP contribution is -2.99. The second-order valence-corrected chi connectivity index (χ2v) is 3.87. The Morgan fingerprint density at radius 1 is 1.57 bits per heavy atom. The van der Waals surface area contributed by atoms with Crippen LogP contribution in [0.25, 0.3) is 0 Å². The van der Waals surface area contributed by atoms with Crippen molar-refractivity contribution in [2.75, 3.05) is 11.1 Å². The van der Waals surface area contributed by atoms with E-state index < -0.39 is 5.23 Å². The quantitative estimate of drug-likeness (QED) is 0.578. The van der Waals surface area contributed by atoms with Gasteiger partial charge in [0, 0.05) is 17.0 Å².